The molecule has 4 nitrogen and oxygen atoms in total. The van der Waals surface area contributed by atoms with Gasteiger partial charge in [-0.15, -0.1) is 0 Å². The summed E-state index contributed by atoms with van der Waals surface area (Å²) in [5.41, 5.74) is 5.33. The molecule has 0 saturated carbocycles. The molecule has 0 aromatic heterocycles. The molecular weight excluding hydrogens is 237 g/mol. The van der Waals surface area contributed by atoms with Gasteiger partial charge in [-0.3, -0.25) is 4.79 Å². The number of halogens is 1. The SMILES string of the molecule is Cc1c(F)cc(N)c2c1CCC(O)(CCO)C2=O. The van der Waals surface area contributed by atoms with Crippen molar-refractivity contribution in [2.24, 2.45) is 0 Å². The molecule has 5 heteroatoms. The van der Waals surface area contributed by atoms with Crippen LogP contribution in [-0.4, -0.2) is 28.2 Å². The highest BCUT2D eigenvalue weighted by atomic mass is 19.1. The van der Waals surface area contributed by atoms with E-state index in [-0.39, 0.29) is 30.7 Å². The van der Waals surface area contributed by atoms with E-state index in [1.54, 1.807) is 6.92 Å². The lowest BCUT2D eigenvalue weighted by molar-refractivity contribution is 0.0110. The molecule has 0 saturated heterocycles. The molecule has 0 amide bonds. The van der Waals surface area contributed by atoms with Crippen LogP contribution in [0.3, 0.4) is 0 Å². The third kappa shape index (κ3) is 1.79. The molecule has 0 heterocycles. The van der Waals surface area contributed by atoms with Gasteiger partial charge in [0.2, 0.25) is 0 Å². The maximum Gasteiger partial charge on any atom is 0.196 e. The van der Waals surface area contributed by atoms with Gasteiger partial charge in [0.15, 0.2) is 5.78 Å². The van der Waals surface area contributed by atoms with Gasteiger partial charge in [-0.05, 0) is 37.0 Å². The summed E-state index contributed by atoms with van der Waals surface area (Å²) in [5.74, 6) is -0.954. The third-order valence-electron chi connectivity index (χ3n) is 3.65. The molecule has 1 aliphatic rings. The Bertz CT molecular complexity index is 515. The molecule has 1 aliphatic carbocycles. The van der Waals surface area contributed by atoms with E-state index in [2.05, 4.69) is 0 Å². The lowest BCUT2D eigenvalue weighted by Gasteiger charge is -2.33. The molecule has 18 heavy (non-hydrogen) atoms. The van der Waals surface area contributed by atoms with E-state index in [9.17, 15) is 14.3 Å². The number of hydrogen-bond donors (Lipinski definition) is 3. The molecule has 1 unspecified atom stereocenters. The average molecular weight is 253 g/mol. The first-order valence-electron chi connectivity index (χ1n) is 5.86. The largest absolute Gasteiger partial charge is 0.398 e. The molecule has 0 aliphatic heterocycles. The van der Waals surface area contributed by atoms with E-state index in [1.807, 2.05) is 0 Å². The van der Waals surface area contributed by atoms with Gasteiger partial charge >= 0.3 is 0 Å². The summed E-state index contributed by atoms with van der Waals surface area (Å²) in [6, 6.07) is 1.11. The second-order valence-corrected chi connectivity index (χ2v) is 4.76. The molecule has 1 atom stereocenters. The van der Waals surface area contributed by atoms with Crippen LogP contribution >= 0.6 is 0 Å². The van der Waals surface area contributed by atoms with Crippen LogP contribution in [0.2, 0.25) is 0 Å². The van der Waals surface area contributed by atoms with Gasteiger partial charge in [-0.25, -0.2) is 4.39 Å². The van der Waals surface area contributed by atoms with E-state index in [0.29, 0.717) is 17.5 Å². The van der Waals surface area contributed by atoms with Gasteiger partial charge in [0.05, 0.1) is 0 Å². The highest BCUT2D eigenvalue weighted by Crippen LogP contribution is 2.36. The van der Waals surface area contributed by atoms with Gasteiger partial charge in [-0.2, -0.15) is 0 Å². The summed E-state index contributed by atoms with van der Waals surface area (Å²) in [7, 11) is 0. The standard InChI is InChI=1S/C13H16FNO3/c1-7-8-2-3-13(18,4-5-16)12(17)11(8)10(15)6-9(7)14/h6,16,18H,2-5,15H2,1H3. The van der Waals surface area contributed by atoms with E-state index < -0.39 is 17.2 Å². The van der Waals surface area contributed by atoms with Gasteiger partial charge in [0.25, 0.3) is 0 Å². The van der Waals surface area contributed by atoms with Crippen LogP contribution in [0, 0.1) is 12.7 Å². The average Bonchev–Trinajstić information content (AvgIpc) is 2.30. The fourth-order valence-electron chi connectivity index (χ4n) is 2.50. The molecular formula is C13H16FNO3. The summed E-state index contributed by atoms with van der Waals surface area (Å²) < 4.78 is 13.5. The number of ketones is 1. The van der Waals surface area contributed by atoms with E-state index >= 15 is 0 Å². The van der Waals surface area contributed by atoms with Crippen molar-refractivity contribution in [2.45, 2.75) is 31.8 Å². The minimum absolute atomic E-state index is 0.0266. The number of carbonyl (C=O) groups is 1. The van der Waals surface area contributed by atoms with Crippen LogP contribution in [-0.2, 0) is 6.42 Å². The summed E-state index contributed by atoms with van der Waals surface area (Å²) in [5, 5.41) is 19.1. The minimum atomic E-state index is -1.58. The Kier molecular flexibility index (Phi) is 3.12. The quantitative estimate of drug-likeness (QED) is 0.685. The maximum absolute atomic E-state index is 13.5. The molecule has 1 aromatic rings. The van der Waals surface area contributed by atoms with Gasteiger partial charge in [0.1, 0.15) is 11.4 Å². The summed E-state index contributed by atoms with van der Waals surface area (Å²) >= 11 is 0. The van der Waals surface area contributed by atoms with Crippen molar-refractivity contribution in [3.8, 4) is 0 Å². The van der Waals surface area contributed by atoms with E-state index in [0.717, 1.165) is 6.07 Å². The van der Waals surface area contributed by atoms with Crippen molar-refractivity contribution < 1.29 is 19.4 Å². The molecule has 1 aromatic carbocycles. The Labute approximate surface area is 104 Å². The number of aliphatic hydroxyl groups excluding tert-OH is 1. The number of fused-ring (bicyclic) bond motifs is 1. The zero-order valence-electron chi connectivity index (χ0n) is 10.2. The van der Waals surface area contributed by atoms with Crippen molar-refractivity contribution >= 4 is 11.5 Å². The monoisotopic (exact) mass is 253 g/mol. The fourth-order valence-corrected chi connectivity index (χ4v) is 2.50. The second-order valence-electron chi connectivity index (χ2n) is 4.76. The Hall–Kier alpha value is -1.46. The van der Waals surface area contributed by atoms with E-state index in [1.165, 1.54) is 0 Å². The van der Waals surface area contributed by atoms with Crippen LogP contribution in [0.1, 0.15) is 34.3 Å². The number of anilines is 1. The zero-order chi connectivity index (χ0) is 13.5. The van der Waals surface area contributed by atoms with Crippen LogP contribution in [0.15, 0.2) is 6.07 Å². The lowest BCUT2D eigenvalue weighted by Crippen LogP contribution is -2.44. The number of Topliss-reactive ketones (excluding diaryl/α,β-unsaturated/α-hetero) is 1. The molecule has 0 radical (unpaired) electrons. The predicted octanol–water partition coefficient (Wildman–Crippen LogP) is 0.959. The Morgan fingerprint density at radius 2 is 2.22 bits per heavy atom. The number of nitrogens with two attached hydrogens (primary N) is 1. The van der Waals surface area contributed by atoms with Crippen molar-refractivity contribution in [3.05, 3.63) is 28.6 Å². The summed E-state index contributed by atoms with van der Waals surface area (Å²) in [6.45, 7) is 1.31. The number of benzene rings is 1. The van der Waals surface area contributed by atoms with Crippen molar-refractivity contribution in [1.82, 2.24) is 0 Å². The van der Waals surface area contributed by atoms with Crippen LogP contribution in [0.5, 0.6) is 0 Å². The fraction of sp³-hybridized carbons (Fsp3) is 0.462. The lowest BCUT2D eigenvalue weighted by atomic mass is 9.75. The highest BCUT2D eigenvalue weighted by molar-refractivity contribution is 6.08. The van der Waals surface area contributed by atoms with Crippen molar-refractivity contribution in [2.75, 3.05) is 12.3 Å². The third-order valence-corrected chi connectivity index (χ3v) is 3.65. The number of aliphatic hydroxyl groups is 2. The number of rotatable bonds is 2. The topological polar surface area (TPSA) is 83.6 Å². The van der Waals surface area contributed by atoms with Crippen LogP contribution < -0.4 is 5.73 Å². The molecule has 0 spiro atoms. The first-order chi connectivity index (χ1) is 8.40. The van der Waals surface area contributed by atoms with Crippen LogP contribution in [0.4, 0.5) is 10.1 Å². The van der Waals surface area contributed by atoms with Crippen molar-refractivity contribution in [3.63, 3.8) is 0 Å². The number of nitrogen functional groups attached to an aromatic ring is 1. The molecule has 0 fully saturated rings. The Morgan fingerprint density at radius 3 is 2.83 bits per heavy atom. The zero-order valence-corrected chi connectivity index (χ0v) is 10.2. The van der Waals surface area contributed by atoms with E-state index in [4.69, 9.17) is 10.8 Å². The predicted molar refractivity (Wildman–Crippen MR) is 64.9 cm³/mol. The van der Waals surface area contributed by atoms with Crippen molar-refractivity contribution in [1.29, 1.82) is 0 Å². The molecule has 98 valence electrons. The Balaban J connectivity index is 2.57. The first kappa shape index (κ1) is 13.0. The van der Waals surface area contributed by atoms with Gasteiger partial charge < -0.3 is 15.9 Å². The van der Waals surface area contributed by atoms with Gasteiger partial charge in [0, 0.05) is 24.3 Å². The highest BCUT2D eigenvalue weighted by Gasteiger charge is 2.42. The maximum atomic E-state index is 13.5. The summed E-state index contributed by atoms with van der Waals surface area (Å²) in [4.78, 5) is 12.2. The van der Waals surface area contributed by atoms with Crippen LogP contribution in [0.25, 0.3) is 0 Å². The number of carbonyl (C=O) groups excluding carboxylic acids is 1. The Morgan fingerprint density at radius 1 is 1.56 bits per heavy atom. The smallest absolute Gasteiger partial charge is 0.196 e. The molecule has 2 rings (SSSR count). The first-order valence-corrected chi connectivity index (χ1v) is 5.86. The number of hydrogen-bond acceptors (Lipinski definition) is 4. The minimum Gasteiger partial charge on any atom is -0.398 e. The summed E-state index contributed by atoms with van der Waals surface area (Å²) in [6.07, 6.45) is 0.537. The van der Waals surface area contributed by atoms with Gasteiger partial charge in [-0.1, -0.05) is 0 Å². The second kappa shape index (κ2) is 4.33. The molecule has 0 bridgehead atoms. The molecule has 4 N–H and O–H groups in total. The normalized spacial score (nSPS) is 23.0.